The Morgan fingerprint density at radius 3 is 1.96 bits per heavy atom. The number of hydrogen-bond donors (Lipinski definition) is 0. The summed E-state index contributed by atoms with van der Waals surface area (Å²) in [7, 11) is -5.12. The molecule has 1 saturated carbocycles. The van der Waals surface area contributed by atoms with Crippen molar-refractivity contribution in [3.8, 4) is 5.75 Å². The van der Waals surface area contributed by atoms with Gasteiger partial charge in [-0.05, 0) is 49.9 Å². The van der Waals surface area contributed by atoms with Gasteiger partial charge >= 0.3 is 0 Å². The van der Waals surface area contributed by atoms with E-state index in [1.807, 2.05) is 0 Å². The molecule has 2 aliphatic rings. The maximum Gasteiger partial charge on any atom is 0.216 e. The fourth-order valence-electron chi connectivity index (χ4n) is 2.93. The van der Waals surface area contributed by atoms with Gasteiger partial charge in [0.25, 0.3) is 0 Å². The summed E-state index contributed by atoms with van der Waals surface area (Å²) in [6.45, 7) is 0.581. The van der Waals surface area contributed by atoms with E-state index in [0.717, 1.165) is 12.8 Å². The van der Waals surface area contributed by atoms with E-state index < -0.39 is 25.1 Å². The number of nitrogens with zero attached hydrogens (tertiary/aromatic N) is 1. The number of benzene rings is 1. The van der Waals surface area contributed by atoms with Gasteiger partial charge < -0.3 is 4.74 Å². The van der Waals surface area contributed by atoms with Gasteiger partial charge in [-0.2, -0.15) is 0 Å². The van der Waals surface area contributed by atoms with Gasteiger partial charge in [0, 0.05) is 13.1 Å². The molecule has 1 aliphatic heterocycles. The van der Waals surface area contributed by atoms with E-state index in [4.69, 9.17) is 4.74 Å². The van der Waals surface area contributed by atoms with Crippen LogP contribution in [-0.4, -0.2) is 51.8 Å². The fraction of sp³-hybridized carbons (Fsp3) is 0.600. The summed E-state index contributed by atoms with van der Waals surface area (Å²) >= 11 is 0. The molecule has 1 saturated heterocycles. The lowest BCUT2D eigenvalue weighted by atomic mass is 10.2. The highest BCUT2D eigenvalue weighted by molar-refractivity contribution is 7.92. The molecule has 0 atom stereocenters. The van der Waals surface area contributed by atoms with Crippen LogP contribution in [0.2, 0.25) is 0 Å². The molecule has 8 heteroatoms. The second kappa shape index (κ2) is 6.07. The Hall–Kier alpha value is -1.12. The van der Waals surface area contributed by atoms with Crippen LogP contribution in [0.3, 0.4) is 0 Å². The molecule has 0 unspecified atom stereocenters. The van der Waals surface area contributed by atoms with Crippen molar-refractivity contribution >= 4 is 19.9 Å². The van der Waals surface area contributed by atoms with Crippen LogP contribution in [0, 0.1) is 0 Å². The Labute approximate surface area is 137 Å². The number of ether oxygens (including phenoxy) is 1. The average molecular weight is 359 g/mol. The van der Waals surface area contributed by atoms with Crippen molar-refractivity contribution in [2.75, 3.05) is 20.2 Å². The molecule has 0 bridgehead atoms. The first kappa shape index (κ1) is 16.7. The molecular weight excluding hydrogens is 338 g/mol. The van der Waals surface area contributed by atoms with Gasteiger partial charge in [0.15, 0.2) is 9.84 Å². The molecule has 0 N–H and O–H groups in total. The van der Waals surface area contributed by atoms with E-state index in [-0.39, 0.29) is 10.1 Å². The Bertz CT molecular complexity index is 759. The summed E-state index contributed by atoms with van der Waals surface area (Å²) in [5.74, 6) is 0.606. The van der Waals surface area contributed by atoms with Gasteiger partial charge in [-0.3, -0.25) is 0 Å². The van der Waals surface area contributed by atoms with Crippen LogP contribution in [0.25, 0.3) is 0 Å². The van der Waals surface area contributed by atoms with Crippen LogP contribution in [0.15, 0.2) is 29.2 Å². The lowest BCUT2D eigenvalue weighted by Gasteiger charge is -2.31. The minimum Gasteiger partial charge on any atom is -0.497 e. The summed E-state index contributed by atoms with van der Waals surface area (Å²) in [5.41, 5.74) is 0. The third-order valence-electron chi connectivity index (χ3n) is 4.53. The van der Waals surface area contributed by atoms with Crippen molar-refractivity contribution in [3.63, 3.8) is 0 Å². The molecule has 2 fully saturated rings. The normalized spacial score (nSPS) is 21.3. The molecule has 1 aromatic rings. The molecule has 1 aromatic carbocycles. The van der Waals surface area contributed by atoms with Crippen molar-refractivity contribution in [1.82, 2.24) is 4.31 Å². The molecule has 1 heterocycles. The number of piperidine rings is 1. The third-order valence-corrected chi connectivity index (χ3v) is 9.21. The maximum atomic E-state index is 12.7. The summed E-state index contributed by atoms with van der Waals surface area (Å²) in [6.07, 6.45) is 2.15. The zero-order chi connectivity index (χ0) is 16.7. The predicted octanol–water partition coefficient (Wildman–Crippen LogP) is 1.43. The highest BCUT2D eigenvalue weighted by Crippen LogP contribution is 2.34. The molecule has 0 spiro atoms. The number of hydrogen-bond acceptors (Lipinski definition) is 5. The molecule has 0 amide bonds. The van der Waals surface area contributed by atoms with Crippen LogP contribution in [-0.2, 0) is 19.9 Å². The van der Waals surface area contributed by atoms with E-state index in [1.165, 1.54) is 11.4 Å². The number of sulfone groups is 1. The van der Waals surface area contributed by atoms with E-state index in [9.17, 15) is 16.8 Å². The standard InChI is InChI=1S/C15H21NO5S2/c1-21-12-2-4-13(5-3-12)22(17,18)14-8-10-16(11-9-14)23(19,20)15-6-7-15/h2-5,14-15H,6-11H2,1H3. The molecule has 3 rings (SSSR count). The lowest BCUT2D eigenvalue weighted by molar-refractivity contribution is 0.345. The zero-order valence-electron chi connectivity index (χ0n) is 13.0. The average Bonchev–Trinajstić information content (AvgIpc) is 3.40. The molecular formula is C15H21NO5S2. The van der Waals surface area contributed by atoms with Crippen molar-refractivity contribution in [3.05, 3.63) is 24.3 Å². The largest absolute Gasteiger partial charge is 0.497 e. The zero-order valence-corrected chi connectivity index (χ0v) is 14.6. The van der Waals surface area contributed by atoms with Gasteiger partial charge in [0.1, 0.15) is 5.75 Å². The van der Waals surface area contributed by atoms with Gasteiger partial charge in [0.2, 0.25) is 10.0 Å². The maximum absolute atomic E-state index is 12.7. The Kier molecular flexibility index (Phi) is 4.41. The first-order valence-electron chi connectivity index (χ1n) is 7.72. The fourth-order valence-corrected chi connectivity index (χ4v) is 6.54. The highest BCUT2D eigenvalue weighted by Gasteiger charge is 2.42. The Morgan fingerprint density at radius 1 is 0.913 bits per heavy atom. The van der Waals surface area contributed by atoms with Crippen LogP contribution < -0.4 is 4.74 Å². The van der Waals surface area contributed by atoms with Gasteiger partial charge in [-0.1, -0.05) is 0 Å². The van der Waals surface area contributed by atoms with E-state index in [1.54, 1.807) is 24.3 Å². The van der Waals surface area contributed by atoms with Crippen molar-refractivity contribution < 1.29 is 21.6 Å². The topological polar surface area (TPSA) is 80.8 Å². The number of rotatable bonds is 5. The molecule has 0 aromatic heterocycles. The van der Waals surface area contributed by atoms with Crippen molar-refractivity contribution in [2.24, 2.45) is 0 Å². The highest BCUT2D eigenvalue weighted by atomic mass is 32.2. The summed E-state index contributed by atoms with van der Waals surface area (Å²) in [6, 6.07) is 6.34. The Morgan fingerprint density at radius 2 is 1.48 bits per heavy atom. The first-order valence-corrected chi connectivity index (χ1v) is 10.8. The molecule has 23 heavy (non-hydrogen) atoms. The van der Waals surface area contributed by atoms with E-state index in [0.29, 0.717) is 31.7 Å². The van der Waals surface area contributed by atoms with Gasteiger partial charge in [-0.25, -0.2) is 21.1 Å². The second-order valence-electron chi connectivity index (χ2n) is 6.06. The first-order chi connectivity index (χ1) is 10.9. The smallest absolute Gasteiger partial charge is 0.216 e. The van der Waals surface area contributed by atoms with Crippen molar-refractivity contribution in [1.29, 1.82) is 0 Å². The van der Waals surface area contributed by atoms with Crippen molar-refractivity contribution in [2.45, 2.75) is 41.1 Å². The molecule has 0 radical (unpaired) electrons. The van der Waals surface area contributed by atoms with Crippen LogP contribution in [0.5, 0.6) is 5.75 Å². The summed E-state index contributed by atoms with van der Waals surface area (Å²) < 4.78 is 56.3. The quantitative estimate of drug-likeness (QED) is 0.794. The lowest BCUT2D eigenvalue weighted by Crippen LogP contribution is -2.43. The van der Waals surface area contributed by atoms with Crippen LogP contribution >= 0.6 is 0 Å². The number of sulfonamides is 1. The second-order valence-corrected chi connectivity index (χ2v) is 10.5. The van der Waals surface area contributed by atoms with Crippen LogP contribution in [0.1, 0.15) is 25.7 Å². The van der Waals surface area contributed by atoms with E-state index >= 15 is 0 Å². The molecule has 6 nitrogen and oxygen atoms in total. The van der Waals surface area contributed by atoms with E-state index in [2.05, 4.69) is 0 Å². The summed E-state index contributed by atoms with van der Waals surface area (Å²) in [4.78, 5) is 0.266. The van der Waals surface area contributed by atoms with Gasteiger partial charge in [0.05, 0.1) is 22.5 Å². The SMILES string of the molecule is COc1ccc(S(=O)(=O)C2CCN(S(=O)(=O)C3CC3)CC2)cc1. The van der Waals surface area contributed by atoms with Crippen LogP contribution in [0.4, 0.5) is 0 Å². The third kappa shape index (κ3) is 3.25. The molecule has 128 valence electrons. The minimum absolute atomic E-state index is 0.239. The predicted molar refractivity (Wildman–Crippen MR) is 86.7 cm³/mol. The van der Waals surface area contributed by atoms with Gasteiger partial charge in [-0.15, -0.1) is 0 Å². The Balaban J connectivity index is 1.70. The number of methoxy groups -OCH3 is 1. The monoisotopic (exact) mass is 359 g/mol. The molecule has 1 aliphatic carbocycles. The minimum atomic E-state index is -3.44. The summed E-state index contributed by atoms with van der Waals surface area (Å²) in [5, 5.41) is -0.765.